The molecule has 0 radical (unpaired) electrons. The van der Waals surface area contributed by atoms with E-state index in [2.05, 4.69) is 16.9 Å². The third-order valence-corrected chi connectivity index (χ3v) is 5.24. The van der Waals surface area contributed by atoms with Crippen LogP contribution in [0.3, 0.4) is 0 Å². The van der Waals surface area contributed by atoms with Crippen molar-refractivity contribution >= 4 is 23.7 Å². The molecular weight excluding hydrogens is 479 g/mol. The molecule has 0 unspecified atom stereocenters. The largest absolute Gasteiger partial charge is 0.457 e. The Morgan fingerprint density at radius 1 is 1.41 bits per heavy atom. The maximum Gasteiger partial charge on any atom is 0.270 e. The molecule has 1 aromatic rings. The highest BCUT2D eigenvalue weighted by molar-refractivity contribution is 6.03. The van der Waals surface area contributed by atoms with E-state index in [1.54, 1.807) is 32.2 Å². The first-order valence-corrected chi connectivity index (χ1v) is 12.2. The molecule has 0 aromatic heterocycles. The number of hydrogen-bond donors (Lipinski definition) is 3. The van der Waals surface area contributed by atoms with Gasteiger partial charge in [0.15, 0.2) is 17.4 Å². The quantitative estimate of drug-likeness (QED) is 0.150. The molecule has 37 heavy (non-hydrogen) atoms. The number of aliphatic hydroxyl groups is 1. The molecule has 1 aliphatic rings. The van der Waals surface area contributed by atoms with Crippen molar-refractivity contribution in [2.24, 2.45) is 16.6 Å². The van der Waals surface area contributed by atoms with Crippen LogP contribution in [0.2, 0.25) is 0 Å². The molecule has 1 atom stereocenters. The lowest BCUT2D eigenvalue weighted by atomic mass is 10.0. The highest BCUT2D eigenvalue weighted by atomic mass is 19.1. The lowest BCUT2D eigenvalue weighted by Crippen LogP contribution is -2.43. The van der Waals surface area contributed by atoms with Gasteiger partial charge < -0.3 is 30.5 Å². The van der Waals surface area contributed by atoms with Crippen LogP contribution in [-0.2, 0) is 14.3 Å². The van der Waals surface area contributed by atoms with Gasteiger partial charge in [0.2, 0.25) is 0 Å². The zero-order valence-electron chi connectivity index (χ0n) is 21.9. The van der Waals surface area contributed by atoms with Crippen LogP contribution in [0, 0.1) is 11.7 Å². The van der Waals surface area contributed by atoms with Crippen molar-refractivity contribution in [3.8, 4) is 5.75 Å². The molecule has 0 spiro atoms. The van der Waals surface area contributed by atoms with Gasteiger partial charge in [-0.2, -0.15) is 4.99 Å². The van der Waals surface area contributed by atoms with Crippen LogP contribution in [-0.4, -0.2) is 59.2 Å². The Balaban J connectivity index is 2.00. The number of benzene rings is 1. The summed E-state index contributed by atoms with van der Waals surface area (Å²) < 4.78 is 25.4. The van der Waals surface area contributed by atoms with Crippen molar-refractivity contribution < 1.29 is 28.6 Å². The number of amides is 2. The number of nitrogens with two attached hydrogens (primary N) is 1. The summed E-state index contributed by atoms with van der Waals surface area (Å²) in [5.74, 6) is -2.47. The fourth-order valence-electron chi connectivity index (χ4n) is 3.51. The molecule has 0 saturated carbocycles. The lowest BCUT2D eigenvalue weighted by molar-refractivity contribution is -0.175. The minimum atomic E-state index is -1.17. The van der Waals surface area contributed by atoms with E-state index in [0.717, 1.165) is 0 Å². The van der Waals surface area contributed by atoms with Gasteiger partial charge >= 0.3 is 0 Å². The second-order valence-electron chi connectivity index (χ2n) is 9.50. The van der Waals surface area contributed by atoms with E-state index in [4.69, 9.17) is 15.2 Å². The normalized spacial score (nSPS) is 15.3. The van der Waals surface area contributed by atoms with E-state index in [1.807, 2.05) is 13.8 Å². The van der Waals surface area contributed by atoms with Crippen LogP contribution in [0.15, 0.2) is 53.9 Å². The maximum atomic E-state index is 14.5. The lowest BCUT2D eigenvalue weighted by Gasteiger charge is -2.26. The summed E-state index contributed by atoms with van der Waals surface area (Å²) in [5.41, 5.74) is 6.18. The van der Waals surface area contributed by atoms with E-state index in [-0.39, 0.29) is 35.4 Å². The Hall–Kier alpha value is -3.50. The fraction of sp³-hybridized carbons (Fsp3) is 0.444. The first-order chi connectivity index (χ1) is 17.4. The second kappa shape index (κ2) is 13.7. The van der Waals surface area contributed by atoms with Gasteiger partial charge in [-0.25, -0.2) is 4.39 Å². The Labute approximate surface area is 217 Å². The maximum absolute atomic E-state index is 14.5. The average molecular weight is 517 g/mol. The number of hydrogen-bond acceptors (Lipinski definition) is 6. The van der Waals surface area contributed by atoms with Crippen molar-refractivity contribution in [2.45, 2.75) is 52.4 Å². The Morgan fingerprint density at radius 2 is 2.14 bits per heavy atom. The number of nitrogens with zero attached hydrogens (tertiary/aromatic N) is 2. The predicted octanol–water partition coefficient (Wildman–Crippen LogP) is 3.11. The molecule has 0 bridgehead atoms. The molecule has 1 aromatic carbocycles. The van der Waals surface area contributed by atoms with E-state index in [0.29, 0.717) is 26.0 Å². The molecule has 1 aliphatic heterocycles. The Kier molecular flexibility index (Phi) is 11.0. The van der Waals surface area contributed by atoms with Gasteiger partial charge in [0.1, 0.15) is 17.6 Å². The van der Waals surface area contributed by atoms with Crippen LogP contribution in [0.1, 0.15) is 46.1 Å². The van der Waals surface area contributed by atoms with Crippen molar-refractivity contribution in [3.63, 3.8) is 0 Å². The summed E-state index contributed by atoms with van der Waals surface area (Å²) in [6.45, 7) is 11.5. The standard InChI is InChI=1S/C27H37FN4O5/c1-6-19-9-7-10-22(25(19)28)37-20-16-24(33)32(17-20)21(15-18(2)3)26(34)31-23(29)11-13-30-12-8-14-36-27(4,5)35/h6-7,9-11,13,16,18,21,30,35H,1,8,12,14-15,17H2,2-5H3,(H2,29,31,34)/b13-11-/t21-/m0/s1. The van der Waals surface area contributed by atoms with Crippen molar-refractivity contribution in [2.75, 3.05) is 19.7 Å². The van der Waals surface area contributed by atoms with E-state index in [9.17, 15) is 19.1 Å². The van der Waals surface area contributed by atoms with Gasteiger partial charge in [-0.15, -0.1) is 0 Å². The first-order valence-electron chi connectivity index (χ1n) is 12.2. The minimum Gasteiger partial charge on any atom is -0.457 e. The molecule has 2 rings (SSSR count). The van der Waals surface area contributed by atoms with Crippen molar-refractivity contribution in [1.29, 1.82) is 0 Å². The van der Waals surface area contributed by atoms with Gasteiger partial charge in [-0.05, 0) is 44.7 Å². The molecule has 4 N–H and O–H groups in total. The van der Waals surface area contributed by atoms with Crippen LogP contribution in [0.4, 0.5) is 4.39 Å². The SMILES string of the molecule is C=Cc1cccc(OC2=CC(=O)N([C@@H](CC(C)C)C(=O)N=C(N)/C=C\NCCCOC(C)(C)O)C2)c1F. The zero-order valence-corrected chi connectivity index (χ0v) is 21.9. The molecule has 2 amide bonds. The van der Waals surface area contributed by atoms with Crippen molar-refractivity contribution in [1.82, 2.24) is 10.2 Å². The predicted molar refractivity (Wildman–Crippen MR) is 141 cm³/mol. The van der Waals surface area contributed by atoms with Gasteiger partial charge in [0, 0.05) is 24.4 Å². The summed E-state index contributed by atoms with van der Waals surface area (Å²) in [5, 5.41) is 12.5. The van der Waals surface area contributed by atoms with Crippen LogP contribution < -0.4 is 15.8 Å². The fourth-order valence-corrected chi connectivity index (χ4v) is 3.51. The van der Waals surface area contributed by atoms with E-state index in [1.165, 1.54) is 29.2 Å². The third-order valence-electron chi connectivity index (χ3n) is 5.24. The molecule has 0 aliphatic carbocycles. The highest BCUT2D eigenvalue weighted by Gasteiger charge is 2.35. The average Bonchev–Trinajstić information content (AvgIpc) is 3.16. The molecule has 0 fully saturated rings. The summed E-state index contributed by atoms with van der Waals surface area (Å²) in [6.07, 6.45) is 6.66. The molecule has 10 heteroatoms. The number of amidine groups is 1. The van der Waals surface area contributed by atoms with Crippen LogP contribution in [0.5, 0.6) is 5.75 Å². The van der Waals surface area contributed by atoms with Gasteiger partial charge in [0.05, 0.1) is 13.2 Å². The number of nitrogens with one attached hydrogen (secondary N) is 1. The number of rotatable bonds is 14. The van der Waals surface area contributed by atoms with Gasteiger partial charge in [-0.1, -0.05) is 38.6 Å². The molecule has 9 nitrogen and oxygen atoms in total. The number of carbonyl (C=O) groups excluding carboxylic acids is 2. The van der Waals surface area contributed by atoms with E-state index >= 15 is 0 Å². The summed E-state index contributed by atoms with van der Waals surface area (Å²) in [4.78, 5) is 31.1. The molecular formula is C27H37FN4O5. The third kappa shape index (κ3) is 9.82. The molecule has 202 valence electrons. The number of carbonyl (C=O) groups is 2. The topological polar surface area (TPSA) is 126 Å². The molecule has 1 heterocycles. The molecule has 0 saturated heterocycles. The van der Waals surface area contributed by atoms with E-state index < -0.39 is 29.5 Å². The summed E-state index contributed by atoms with van der Waals surface area (Å²) in [6, 6.07) is 3.79. The smallest absolute Gasteiger partial charge is 0.270 e. The Bertz CT molecular complexity index is 1060. The van der Waals surface area contributed by atoms with Crippen LogP contribution >= 0.6 is 0 Å². The zero-order chi connectivity index (χ0) is 27.6. The monoisotopic (exact) mass is 516 g/mol. The first kappa shape index (κ1) is 29.7. The highest BCUT2D eigenvalue weighted by Crippen LogP contribution is 2.26. The number of halogens is 1. The van der Waals surface area contributed by atoms with Crippen LogP contribution in [0.25, 0.3) is 6.08 Å². The van der Waals surface area contributed by atoms with Crippen molar-refractivity contribution in [3.05, 3.63) is 60.3 Å². The Morgan fingerprint density at radius 3 is 2.78 bits per heavy atom. The summed E-state index contributed by atoms with van der Waals surface area (Å²) >= 11 is 0. The van der Waals surface area contributed by atoms with Gasteiger partial charge in [-0.3, -0.25) is 9.59 Å². The van der Waals surface area contributed by atoms with Gasteiger partial charge in [0.25, 0.3) is 11.8 Å². The summed E-state index contributed by atoms with van der Waals surface area (Å²) in [7, 11) is 0. The second-order valence-corrected chi connectivity index (χ2v) is 9.50. The number of aliphatic imine (C=N–C) groups is 1. The number of ether oxygens (including phenoxy) is 2. The minimum absolute atomic E-state index is 0.000741.